The van der Waals surface area contributed by atoms with Gasteiger partial charge < -0.3 is 11.1 Å². The van der Waals surface area contributed by atoms with Crippen molar-refractivity contribution >= 4 is 161 Å². The first-order chi connectivity index (χ1) is 69.2. The average molecular weight is 2140 g/mol. The Bertz CT molecular complexity index is 8200. The molecule has 0 radical (unpaired) electrons. The molecule has 0 aliphatic rings. The van der Waals surface area contributed by atoms with Gasteiger partial charge in [-0.1, -0.05) is 463 Å². The molecule has 0 fully saturated rings. The van der Waals surface area contributed by atoms with Crippen LogP contribution in [0.25, 0.3) is 178 Å². The molecule has 3 heterocycles. The van der Waals surface area contributed by atoms with Gasteiger partial charge in [-0.05, 0) is 208 Å². The summed E-state index contributed by atoms with van der Waals surface area (Å²) in [5.41, 5.74) is 33.0. The zero-order valence-electron chi connectivity index (χ0n) is 75.8. The first-order valence-corrected chi connectivity index (χ1v) is 49.7. The van der Waals surface area contributed by atoms with E-state index in [4.69, 9.17) is 77.1 Å². The number of carbonyl (C=O) groups excluding carboxylic acids is 1. The number of pyridine rings is 2. The van der Waals surface area contributed by atoms with Gasteiger partial charge >= 0.3 is 0 Å². The van der Waals surface area contributed by atoms with Gasteiger partial charge in [0.05, 0.1) is 22.4 Å². The Hall–Kier alpha value is -15.1. The fourth-order valence-corrected chi connectivity index (χ4v) is 18.5. The van der Waals surface area contributed by atoms with E-state index >= 15 is 0 Å². The maximum atomic E-state index is 12.7. The molecule has 141 heavy (non-hydrogen) atoms. The van der Waals surface area contributed by atoms with Crippen LogP contribution in [0.5, 0.6) is 0 Å². The van der Waals surface area contributed by atoms with E-state index in [1.807, 2.05) is 291 Å². The summed E-state index contributed by atoms with van der Waals surface area (Å²) in [6.45, 7) is 0. The summed E-state index contributed by atoms with van der Waals surface area (Å²) >= 11 is 33.1. The van der Waals surface area contributed by atoms with Gasteiger partial charge in [-0.25, -0.2) is 24.9 Å². The number of rotatable bonds is 14. The summed E-state index contributed by atoms with van der Waals surface area (Å²) in [6.07, 6.45) is 0. The Morgan fingerprint density at radius 3 is 0.922 bits per heavy atom. The maximum Gasteiger partial charge on any atom is 0.255 e. The number of carbonyl (C=O) groups is 1. The lowest BCUT2D eigenvalue weighted by atomic mass is 9.92. The lowest BCUT2D eigenvalue weighted by molar-refractivity contribution is 0.102. The minimum atomic E-state index is -0.128. The van der Waals surface area contributed by atoms with Crippen molar-refractivity contribution in [2.24, 2.45) is 0 Å². The summed E-state index contributed by atoms with van der Waals surface area (Å²) in [4.78, 5) is 37.4. The number of benzene rings is 20. The number of nitrogens with two attached hydrogens (primary N) is 1. The van der Waals surface area contributed by atoms with E-state index in [0.29, 0.717) is 28.1 Å². The van der Waals surface area contributed by atoms with E-state index in [-0.39, 0.29) is 5.91 Å². The van der Waals surface area contributed by atoms with Crippen LogP contribution in [0.4, 0.5) is 11.4 Å². The van der Waals surface area contributed by atoms with Gasteiger partial charge in [0.1, 0.15) is 0 Å². The molecule has 0 bridgehead atoms. The molecule has 23 rings (SSSR count). The minimum Gasteiger partial charge on any atom is -0.398 e. The number of anilines is 2. The maximum absolute atomic E-state index is 12.7. The molecule has 0 saturated heterocycles. The number of halogens is 7. The highest BCUT2D eigenvalue weighted by Gasteiger charge is 2.21. The van der Waals surface area contributed by atoms with Crippen LogP contribution in [-0.2, 0) is 0 Å². The molecule has 0 saturated carbocycles. The van der Waals surface area contributed by atoms with Gasteiger partial charge in [0.2, 0.25) is 0 Å². The van der Waals surface area contributed by atoms with E-state index in [9.17, 15) is 4.79 Å². The zero-order chi connectivity index (χ0) is 96.8. The van der Waals surface area contributed by atoms with Gasteiger partial charge in [0.25, 0.3) is 5.91 Å². The molecule has 0 atom stereocenters. The smallest absolute Gasteiger partial charge is 0.255 e. The standard InChI is InChI=1S/C40H26N4.C25H18ClNO.C25H16ClN.C18H14ClN.C12H8BrCl.C6H4BrI/c1-4-13-28(14-5-1)37-34-21-12-20-32(36(34)33-19-10-11-22-35(33)41-37)27-23-25-31(26-24-27)40-43-38(29-15-6-2-7-16-29)42-39(44-40)30-17-8-3-9-18-30;26-20-16-14-18(15-17-20)21-10-4-5-11-22(21)23-12-6-7-13-24(23)27-25(28)19-8-2-1-3-9-19;26-19-15-13-17(14-16-19)20-10-6-11-22-24(20)21-9-4-5-12-23(21)27-25(22)18-7-2-1-3-8-18;19-14-11-9-13(10-12-14)15-5-1-2-6-16(15)17-7-3-4-8-18(17)20;13-12-4-2-1-3-11(12)9-5-7-10(14)8-6-9;7-5-3-1-2-4-6(5)8/h1-26H;1-17H,(H,27,28);1-16H;1-12H,20H2;1-8H;1-4H. The number of fused-ring (bicyclic) bond motifs is 6. The van der Waals surface area contributed by atoms with Crippen LogP contribution in [0.1, 0.15) is 10.4 Å². The number of amides is 1. The van der Waals surface area contributed by atoms with Gasteiger partial charge in [0, 0.05) is 121 Å². The topological polar surface area (TPSA) is 120 Å². The second-order valence-corrected chi connectivity index (χ2v) is 37.3. The highest BCUT2D eigenvalue weighted by molar-refractivity contribution is 14.1. The second-order valence-electron chi connectivity index (χ2n) is 32.7. The lowest BCUT2D eigenvalue weighted by Gasteiger charge is -2.15. The molecule has 3 aromatic heterocycles. The van der Waals surface area contributed by atoms with Gasteiger partial charge in [-0.2, -0.15) is 0 Å². The van der Waals surface area contributed by atoms with Crippen molar-refractivity contribution in [2.45, 2.75) is 0 Å². The highest BCUT2D eigenvalue weighted by Crippen LogP contribution is 2.44. The molecule has 0 unspecified atom stereocenters. The Balaban J connectivity index is 0.000000119. The number of nitrogens with one attached hydrogen (secondary N) is 1. The number of hydrogen-bond acceptors (Lipinski definition) is 7. The molecular formula is C126H86Br2Cl4IN7O. The van der Waals surface area contributed by atoms with Crippen molar-refractivity contribution in [2.75, 3.05) is 11.1 Å². The van der Waals surface area contributed by atoms with Crippen molar-refractivity contribution in [1.82, 2.24) is 24.9 Å². The van der Waals surface area contributed by atoms with Crippen LogP contribution in [0.15, 0.2) is 512 Å². The number of nitrogen functional groups attached to an aromatic ring is 1. The SMILES string of the molecule is Brc1ccccc1I.Clc1ccc(-c2cccc3c(-c4ccccc4)nc4ccccc4c23)cc1.Clc1ccc(-c2ccccc2Br)cc1.Nc1ccccc1-c1ccccc1-c1ccc(Cl)cc1.O=C(Nc1ccccc1-c1ccccc1-c1ccc(Cl)cc1)c1ccccc1.c1ccc(-c2nc(-c3ccccc3)nc(-c3ccc(-c4cccc5c(-c6ccccc6)nc6ccccc6c45)cc3)n2)cc1. The summed E-state index contributed by atoms with van der Waals surface area (Å²) in [5, 5.41) is 13.0. The average Bonchev–Trinajstić information content (AvgIpc) is 0.746. The number of nitrogens with zero attached hydrogens (tertiary/aromatic N) is 5. The Labute approximate surface area is 870 Å². The Kier molecular flexibility index (Phi) is 31.7. The second kappa shape index (κ2) is 46.6. The van der Waals surface area contributed by atoms with Crippen LogP contribution in [0.2, 0.25) is 20.1 Å². The summed E-state index contributed by atoms with van der Waals surface area (Å²) in [6, 6.07) is 168. The van der Waals surface area contributed by atoms with E-state index in [1.165, 1.54) is 35.5 Å². The van der Waals surface area contributed by atoms with E-state index < -0.39 is 0 Å². The summed E-state index contributed by atoms with van der Waals surface area (Å²) in [7, 11) is 0. The highest BCUT2D eigenvalue weighted by atomic mass is 127. The third-order valence-electron chi connectivity index (χ3n) is 23.6. The van der Waals surface area contributed by atoms with Crippen molar-refractivity contribution in [3.8, 4) is 135 Å². The first-order valence-electron chi connectivity index (χ1n) is 45.6. The van der Waals surface area contributed by atoms with Gasteiger partial charge in [-0.3, -0.25) is 4.79 Å². The fourth-order valence-electron chi connectivity index (χ4n) is 16.8. The third-order valence-corrected chi connectivity index (χ3v) is 27.7. The van der Waals surface area contributed by atoms with Gasteiger partial charge in [-0.15, -0.1) is 0 Å². The van der Waals surface area contributed by atoms with Crippen LogP contribution >= 0.6 is 101 Å². The van der Waals surface area contributed by atoms with Crippen LogP contribution in [-0.4, -0.2) is 30.8 Å². The van der Waals surface area contributed by atoms with Crippen molar-refractivity contribution < 1.29 is 4.79 Å². The van der Waals surface area contributed by atoms with Crippen LogP contribution in [0.3, 0.4) is 0 Å². The Morgan fingerprint density at radius 2 is 0.518 bits per heavy atom. The number of aromatic nitrogens is 5. The number of hydrogen-bond donors (Lipinski definition) is 2. The molecule has 0 aliphatic carbocycles. The molecule has 15 heteroatoms. The zero-order valence-corrected chi connectivity index (χ0v) is 84.1. The molecule has 3 N–H and O–H groups in total. The molecule has 20 aromatic carbocycles. The molecule has 1 amide bonds. The van der Waals surface area contributed by atoms with Crippen LogP contribution in [0, 0.1) is 3.57 Å². The van der Waals surface area contributed by atoms with Gasteiger partial charge in [0.15, 0.2) is 17.5 Å². The normalized spacial score (nSPS) is 10.7. The first kappa shape index (κ1) is 96.2. The third kappa shape index (κ3) is 23.6. The largest absolute Gasteiger partial charge is 0.398 e. The monoisotopic (exact) mass is 2140 g/mol. The molecular weight excluding hydrogens is 2060 g/mol. The molecule has 680 valence electrons. The van der Waals surface area contributed by atoms with E-state index in [1.54, 1.807) is 12.1 Å². The van der Waals surface area contributed by atoms with Crippen molar-refractivity contribution in [1.29, 1.82) is 0 Å². The van der Waals surface area contributed by atoms with Crippen LogP contribution < -0.4 is 11.1 Å². The molecule has 8 nitrogen and oxygen atoms in total. The summed E-state index contributed by atoms with van der Waals surface area (Å²) < 4.78 is 3.52. The summed E-state index contributed by atoms with van der Waals surface area (Å²) in [5.74, 6) is 1.82. The quantitative estimate of drug-likeness (QED) is 0.0632. The molecule has 0 spiro atoms. The predicted molar refractivity (Wildman–Crippen MR) is 610 cm³/mol. The fraction of sp³-hybridized carbons (Fsp3) is 0. The van der Waals surface area contributed by atoms with E-state index in [0.717, 1.165) is 164 Å². The minimum absolute atomic E-state index is 0.128. The van der Waals surface area contributed by atoms with Crippen molar-refractivity contribution in [3.05, 3.63) is 542 Å². The predicted octanol–water partition coefficient (Wildman–Crippen LogP) is 37.3. The number of para-hydroxylation sites is 4. The van der Waals surface area contributed by atoms with E-state index in [2.05, 4.69) is 260 Å². The Morgan fingerprint density at radius 1 is 0.234 bits per heavy atom. The molecule has 23 aromatic rings. The molecule has 0 aliphatic heterocycles. The lowest BCUT2D eigenvalue weighted by Crippen LogP contribution is -2.12. The van der Waals surface area contributed by atoms with Crippen molar-refractivity contribution in [3.63, 3.8) is 0 Å².